The zero-order valence-electron chi connectivity index (χ0n) is 11.4. The zero-order valence-corrected chi connectivity index (χ0v) is 12.2. The molecule has 18 heavy (non-hydrogen) atoms. The van der Waals surface area contributed by atoms with E-state index in [0.717, 1.165) is 19.4 Å². The monoisotopic (exact) mass is 271 g/mol. The summed E-state index contributed by atoms with van der Waals surface area (Å²) in [7, 11) is 0. The van der Waals surface area contributed by atoms with Gasteiger partial charge >= 0.3 is 0 Å². The van der Waals surface area contributed by atoms with Crippen molar-refractivity contribution in [3.05, 3.63) is 22.4 Å². The SMILES string of the molecule is CCCCOCCOC(c1cccs1)C(N)CC. The molecule has 0 aliphatic heterocycles. The molecule has 0 saturated carbocycles. The van der Waals surface area contributed by atoms with Gasteiger partial charge in [0, 0.05) is 17.5 Å². The van der Waals surface area contributed by atoms with Crippen molar-refractivity contribution >= 4 is 11.3 Å². The quantitative estimate of drug-likeness (QED) is 0.664. The first-order valence-electron chi connectivity index (χ1n) is 6.77. The molecule has 104 valence electrons. The summed E-state index contributed by atoms with van der Waals surface area (Å²) in [5, 5.41) is 2.06. The Bertz CT molecular complexity index is 290. The largest absolute Gasteiger partial charge is 0.379 e. The van der Waals surface area contributed by atoms with Crippen molar-refractivity contribution in [1.82, 2.24) is 0 Å². The van der Waals surface area contributed by atoms with Crippen molar-refractivity contribution in [1.29, 1.82) is 0 Å². The summed E-state index contributed by atoms with van der Waals surface area (Å²) >= 11 is 1.70. The Morgan fingerprint density at radius 2 is 2.11 bits per heavy atom. The van der Waals surface area contributed by atoms with E-state index in [-0.39, 0.29) is 12.1 Å². The molecule has 2 unspecified atom stereocenters. The summed E-state index contributed by atoms with van der Waals surface area (Å²) in [6.07, 6.45) is 3.20. The molecule has 0 amide bonds. The summed E-state index contributed by atoms with van der Waals surface area (Å²) in [4.78, 5) is 1.21. The van der Waals surface area contributed by atoms with Crippen LogP contribution in [0.15, 0.2) is 17.5 Å². The minimum atomic E-state index is 0.00442. The Labute approximate surface area is 114 Å². The van der Waals surface area contributed by atoms with Gasteiger partial charge < -0.3 is 15.2 Å². The number of hydrogen-bond donors (Lipinski definition) is 1. The van der Waals surface area contributed by atoms with Crippen LogP contribution in [0.1, 0.15) is 44.1 Å². The molecule has 2 N–H and O–H groups in total. The smallest absolute Gasteiger partial charge is 0.107 e. The van der Waals surface area contributed by atoms with Gasteiger partial charge in [-0.3, -0.25) is 0 Å². The molecule has 0 bridgehead atoms. The van der Waals surface area contributed by atoms with Crippen LogP contribution in [0.2, 0.25) is 0 Å². The van der Waals surface area contributed by atoms with Gasteiger partial charge in [-0.25, -0.2) is 0 Å². The first-order chi connectivity index (χ1) is 8.79. The number of rotatable bonds is 10. The van der Waals surface area contributed by atoms with Crippen molar-refractivity contribution in [3.63, 3.8) is 0 Å². The Balaban J connectivity index is 2.30. The molecule has 0 saturated heterocycles. The van der Waals surface area contributed by atoms with E-state index in [9.17, 15) is 0 Å². The molecule has 0 aliphatic rings. The van der Waals surface area contributed by atoms with E-state index in [2.05, 4.69) is 25.3 Å². The van der Waals surface area contributed by atoms with Crippen molar-refractivity contribution in [2.75, 3.05) is 19.8 Å². The third-order valence-electron chi connectivity index (χ3n) is 2.85. The van der Waals surface area contributed by atoms with E-state index >= 15 is 0 Å². The molecule has 0 aliphatic carbocycles. The number of ether oxygens (including phenoxy) is 2. The lowest BCUT2D eigenvalue weighted by Crippen LogP contribution is -2.29. The average Bonchev–Trinajstić information content (AvgIpc) is 2.91. The Morgan fingerprint density at radius 1 is 1.28 bits per heavy atom. The molecule has 1 heterocycles. The number of hydrogen-bond acceptors (Lipinski definition) is 4. The molecule has 0 fully saturated rings. The Morgan fingerprint density at radius 3 is 2.72 bits per heavy atom. The van der Waals surface area contributed by atoms with Crippen molar-refractivity contribution in [2.24, 2.45) is 5.73 Å². The van der Waals surface area contributed by atoms with Gasteiger partial charge in [0.25, 0.3) is 0 Å². The van der Waals surface area contributed by atoms with Crippen LogP contribution in [0.3, 0.4) is 0 Å². The normalized spacial score (nSPS) is 14.6. The standard InChI is InChI=1S/C14H25NO2S/c1-3-5-8-16-9-10-17-14(12(15)4-2)13-7-6-11-18-13/h6-7,11-12,14H,3-5,8-10,15H2,1-2H3. The molecular weight excluding hydrogens is 246 g/mol. The van der Waals surface area contributed by atoms with Gasteiger partial charge in [-0.05, 0) is 24.3 Å². The lowest BCUT2D eigenvalue weighted by molar-refractivity contribution is -0.00664. The fraction of sp³-hybridized carbons (Fsp3) is 0.714. The molecule has 0 spiro atoms. The van der Waals surface area contributed by atoms with Crippen molar-refractivity contribution in [3.8, 4) is 0 Å². The molecule has 1 aromatic heterocycles. The van der Waals surface area contributed by atoms with Crippen LogP contribution in [-0.2, 0) is 9.47 Å². The minimum Gasteiger partial charge on any atom is -0.379 e. The highest BCUT2D eigenvalue weighted by atomic mass is 32.1. The minimum absolute atomic E-state index is 0.00442. The maximum Gasteiger partial charge on any atom is 0.107 e. The van der Waals surface area contributed by atoms with Gasteiger partial charge in [0.2, 0.25) is 0 Å². The lowest BCUT2D eigenvalue weighted by atomic mass is 10.1. The van der Waals surface area contributed by atoms with Gasteiger partial charge in [0.1, 0.15) is 6.10 Å². The summed E-state index contributed by atoms with van der Waals surface area (Å²) < 4.78 is 11.4. The van der Waals surface area contributed by atoms with Crippen molar-refractivity contribution in [2.45, 2.75) is 45.3 Å². The molecule has 0 radical (unpaired) electrons. The highest BCUT2D eigenvalue weighted by molar-refractivity contribution is 7.10. The first-order valence-corrected chi connectivity index (χ1v) is 7.65. The van der Waals surface area contributed by atoms with Crippen LogP contribution in [0.4, 0.5) is 0 Å². The van der Waals surface area contributed by atoms with E-state index in [0.29, 0.717) is 13.2 Å². The Hall–Kier alpha value is -0.420. The third kappa shape index (κ3) is 5.48. The summed E-state index contributed by atoms with van der Waals surface area (Å²) in [5.41, 5.74) is 6.11. The fourth-order valence-corrected chi connectivity index (χ4v) is 2.51. The molecular formula is C14H25NO2S. The number of thiophene rings is 1. The average molecular weight is 271 g/mol. The van der Waals surface area contributed by atoms with Crippen molar-refractivity contribution < 1.29 is 9.47 Å². The molecule has 1 rings (SSSR count). The second-order valence-corrected chi connectivity index (χ2v) is 5.32. The van der Waals surface area contributed by atoms with Crippen LogP contribution < -0.4 is 5.73 Å². The van der Waals surface area contributed by atoms with E-state index < -0.39 is 0 Å². The number of nitrogens with two attached hydrogens (primary N) is 1. The van der Waals surface area contributed by atoms with Crippen LogP contribution in [0.25, 0.3) is 0 Å². The van der Waals surface area contributed by atoms with E-state index in [4.69, 9.17) is 15.2 Å². The van der Waals surface area contributed by atoms with E-state index in [1.54, 1.807) is 11.3 Å². The first kappa shape index (κ1) is 15.6. The van der Waals surface area contributed by atoms with E-state index in [1.807, 2.05) is 6.07 Å². The predicted octanol–water partition coefficient (Wildman–Crippen LogP) is 3.36. The fourth-order valence-electron chi connectivity index (χ4n) is 1.67. The molecule has 4 heteroatoms. The molecule has 2 atom stereocenters. The molecule has 3 nitrogen and oxygen atoms in total. The lowest BCUT2D eigenvalue weighted by Gasteiger charge is -2.22. The summed E-state index contributed by atoms with van der Waals surface area (Å²) in [6, 6.07) is 4.18. The van der Waals surface area contributed by atoms with Crippen LogP contribution in [-0.4, -0.2) is 25.9 Å². The second-order valence-electron chi connectivity index (χ2n) is 4.34. The highest BCUT2D eigenvalue weighted by Crippen LogP contribution is 2.26. The van der Waals surface area contributed by atoms with E-state index in [1.165, 1.54) is 11.3 Å². The predicted molar refractivity (Wildman–Crippen MR) is 77.0 cm³/mol. The highest BCUT2D eigenvalue weighted by Gasteiger charge is 2.19. The van der Waals surface area contributed by atoms with Gasteiger partial charge in [-0.1, -0.05) is 26.3 Å². The maximum absolute atomic E-state index is 6.11. The number of unbranched alkanes of at least 4 members (excludes halogenated alkanes) is 1. The van der Waals surface area contributed by atoms with Crippen LogP contribution in [0, 0.1) is 0 Å². The van der Waals surface area contributed by atoms with Gasteiger partial charge in [0.05, 0.1) is 13.2 Å². The van der Waals surface area contributed by atoms with Gasteiger partial charge in [0.15, 0.2) is 0 Å². The van der Waals surface area contributed by atoms with Gasteiger partial charge in [-0.15, -0.1) is 11.3 Å². The summed E-state index contributed by atoms with van der Waals surface area (Å²) in [6.45, 7) is 6.33. The second kappa shape index (κ2) is 9.50. The van der Waals surface area contributed by atoms with Crippen LogP contribution >= 0.6 is 11.3 Å². The maximum atomic E-state index is 6.11. The summed E-state index contributed by atoms with van der Waals surface area (Å²) in [5.74, 6) is 0. The zero-order chi connectivity index (χ0) is 13.2. The van der Waals surface area contributed by atoms with Crippen LogP contribution in [0.5, 0.6) is 0 Å². The molecule has 1 aromatic rings. The topological polar surface area (TPSA) is 44.5 Å². The molecule has 0 aromatic carbocycles. The van der Waals surface area contributed by atoms with Gasteiger partial charge in [-0.2, -0.15) is 0 Å². The third-order valence-corrected chi connectivity index (χ3v) is 3.78. The Kier molecular flexibility index (Phi) is 8.25.